The quantitative estimate of drug-likeness (QED) is 0.291. The van der Waals surface area contributed by atoms with E-state index in [2.05, 4.69) is 16.7 Å². The van der Waals surface area contributed by atoms with E-state index in [0.717, 1.165) is 45.5 Å². The summed E-state index contributed by atoms with van der Waals surface area (Å²) in [5.41, 5.74) is 7.21. The van der Waals surface area contributed by atoms with E-state index in [0.29, 0.717) is 29.5 Å². The molecule has 1 aliphatic rings. The topological polar surface area (TPSA) is 58.9 Å². The van der Waals surface area contributed by atoms with Gasteiger partial charge in [0, 0.05) is 28.8 Å². The molecule has 1 aliphatic heterocycles. The normalized spacial score (nSPS) is 11.9. The summed E-state index contributed by atoms with van der Waals surface area (Å²) >= 11 is 0. The molecule has 1 aromatic heterocycles. The van der Waals surface area contributed by atoms with Gasteiger partial charge in [0.2, 0.25) is 0 Å². The lowest BCUT2D eigenvalue weighted by Crippen LogP contribution is -2.18. The predicted molar refractivity (Wildman–Crippen MR) is 140 cm³/mol. The summed E-state index contributed by atoms with van der Waals surface area (Å²) in [6, 6.07) is 22.0. The number of carbonyl (C=O) groups excluding carboxylic acids is 1. The van der Waals surface area contributed by atoms with Gasteiger partial charge in [-0.1, -0.05) is 48.5 Å². The van der Waals surface area contributed by atoms with Crippen molar-refractivity contribution >= 4 is 5.97 Å². The van der Waals surface area contributed by atoms with Crippen LogP contribution in [0.2, 0.25) is 0 Å². The molecule has 0 amide bonds. The first-order chi connectivity index (χ1) is 17.6. The van der Waals surface area contributed by atoms with Crippen molar-refractivity contribution in [2.45, 2.75) is 19.9 Å². The van der Waals surface area contributed by atoms with E-state index in [-0.39, 0.29) is 12.6 Å². The van der Waals surface area contributed by atoms with Crippen molar-refractivity contribution in [2.75, 3.05) is 27.9 Å². The number of ether oxygens (including phenoxy) is 4. The van der Waals surface area contributed by atoms with Crippen molar-refractivity contribution in [3.8, 4) is 50.8 Å². The monoisotopic (exact) mass is 483 g/mol. The number of nitrogens with zero attached hydrogens (tertiary/aromatic N) is 1. The third kappa shape index (κ3) is 3.79. The van der Waals surface area contributed by atoms with Crippen LogP contribution in [0, 0.1) is 0 Å². The van der Waals surface area contributed by atoms with Gasteiger partial charge in [0.15, 0.2) is 11.5 Å². The molecule has 0 saturated heterocycles. The highest BCUT2D eigenvalue weighted by Crippen LogP contribution is 2.50. The van der Waals surface area contributed by atoms with Crippen molar-refractivity contribution in [2.24, 2.45) is 0 Å². The lowest BCUT2D eigenvalue weighted by atomic mass is 9.89. The Morgan fingerprint density at radius 3 is 2.17 bits per heavy atom. The van der Waals surface area contributed by atoms with Crippen LogP contribution in [0.1, 0.15) is 23.0 Å². The van der Waals surface area contributed by atoms with Gasteiger partial charge in [0.25, 0.3) is 0 Å². The van der Waals surface area contributed by atoms with Gasteiger partial charge >= 0.3 is 5.97 Å². The van der Waals surface area contributed by atoms with Crippen molar-refractivity contribution < 1.29 is 23.7 Å². The van der Waals surface area contributed by atoms with Crippen molar-refractivity contribution in [3.05, 3.63) is 78.0 Å². The minimum atomic E-state index is -0.356. The summed E-state index contributed by atoms with van der Waals surface area (Å²) in [6.45, 7) is 2.74. The number of para-hydroxylation sites is 1. The molecule has 5 rings (SSSR count). The largest absolute Gasteiger partial charge is 0.496 e. The third-order valence-electron chi connectivity index (χ3n) is 6.64. The third-order valence-corrected chi connectivity index (χ3v) is 6.64. The summed E-state index contributed by atoms with van der Waals surface area (Å²) in [5.74, 6) is 1.66. The SMILES string of the molecule is CCOC(=O)c1c(-c2ccccc2OC)c(-c2ccccc2)c2n1CCc1cc(OC)c(OC)cc1-2. The van der Waals surface area contributed by atoms with Crippen molar-refractivity contribution in [1.82, 2.24) is 4.57 Å². The van der Waals surface area contributed by atoms with Gasteiger partial charge in [-0.15, -0.1) is 0 Å². The van der Waals surface area contributed by atoms with Crippen LogP contribution in [-0.4, -0.2) is 38.5 Å². The second-order valence-electron chi connectivity index (χ2n) is 8.50. The molecular weight excluding hydrogens is 454 g/mol. The molecule has 6 nitrogen and oxygen atoms in total. The Labute approximate surface area is 211 Å². The van der Waals surface area contributed by atoms with Crippen LogP contribution in [0.15, 0.2) is 66.7 Å². The molecular formula is C30H29NO5. The lowest BCUT2D eigenvalue weighted by molar-refractivity contribution is 0.0515. The first kappa shape index (κ1) is 23.5. The first-order valence-corrected chi connectivity index (χ1v) is 12.0. The highest BCUT2D eigenvalue weighted by molar-refractivity contribution is 6.08. The fraction of sp³-hybridized carbons (Fsp3) is 0.233. The Morgan fingerprint density at radius 2 is 1.47 bits per heavy atom. The zero-order valence-corrected chi connectivity index (χ0v) is 21.0. The zero-order chi connectivity index (χ0) is 25.2. The summed E-state index contributed by atoms with van der Waals surface area (Å²) in [5, 5.41) is 0. The van der Waals surface area contributed by atoms with Crippen molar-refractivity contribution in [3.63, 3.8) is 0 Å². The second kappa shape index (κ2) is 9.82. The van der Waals surface area contributed by atoms with Crippen molar-refractivity contribution in [1.29, 1.82) is 0 Å². The van der Waals surface area contributed by atoms with E-state index in [9.17, 15) is 4.79 Å². The number of benzene rings is 3. The minimum absolute atomic E-state index is 0.285. The van der Waals surface area contributed by atoms with E-state index < -0.39 is 0 Å². The lowest BCUT2D eigenvalue weighted by Gasteiger charge is -2.24. The molecule has 36 heavy (non-hydrogen) atoms. The van der Waals surface area contributed by atoms with Gasteiger partial charge in [0.05, 0.1) is 33.6 Å². The summed E-state index contributed by atoms with van der Waals surface area (Å²) in [7, 11) is 4.92. The molecule has 0 atom stereocenters. The summed E-state index contributed by atoms with van der Waals surface area (Å²) < 4.78 is 24.7. The Hall–Kier alpha value is -4.19. The molecule has 3 aromatic carbocycles. The van der Waals surface area contributed by atoms with E-state index in [1.54, 1.807) is 21.3 Å². The van der Waals surface area contributed by atoms with Gasteiger partial charge < -0.3 is 23.5 Å². The maximum Gasteiger partial charge on any atom is 0.355 e. The number of hydrogen-bond donors (Lipinski definition) is 0. The number of carbonyl (C=O) groups is 1. The number of fused-ring (bicyclic) bond motifs is 3. The molecule has 0 spiro atoms. The smallest absolute Gasteiger partial charge is 0.355 e. The number of aromatic nitrogens is 1. The van der Waals surface area contributed by atoms with Crippen LogP contribution >= 0.6 is 0 Å². The number of esters is 1. The van der Waals surface area contributed by atoms with Gasteiger partial charge in [-0.25, -0.2) is 4.79 Å². The van der Waals surface area contributed by atoms with Crippen LogP contribution < -0.4 is 14.2 Å². The van der Waals surface area contributed by atoms with Crippen LogP contribution in [0.4, 0.5) is 0 Å². The fourth-order valence-electron chi connectivity index (χ4n) is 5.11. The second-order valence-corrected chi connectivity index (χ2v) is 8.50. The standard InChI is InChI=1S/C30H29NO5/c1-5-36-30(32)29-27(21-13-9-10-14-23(21)33-2)26(19-11-7-6-8-12-19)28-22-18-25(35-4)24(34-3)17-20(22)15-16-31(28)29/h6-14,17-18H,5,15-16H2,1-4H3. The Bertz CT molecular complexity index is 1420. The average Bonchev–Trinajstić information content (AvgIpc) is 3.28. The Morgan fingerprint density at radius 1 is 0.806 bits per heavy atom. The van der Waals surface area contributed by atoms with Gasteiger partial charge in [-0.3, -0.25) is 0 Å². The van der Waals surface area contributed by atoms with E-state index >= 15 is 0 Å². The molecule has 184 valence electrons. The predicted octanol–water partition coefficient (Wildman–Crippen LogP) is 6.25. The van der Waals surface area contributed by atoms with Crippen LogP contribution in [0.5, 0.6) is 17.2 Å². The average molecular weight is 484 g/mol. The zero-order valence-electron chi connectivity index (χ0n) is 21.0. The van der Waals surface area contributed by atoms with E-state index in [1.165, 1.54) is 0 Å². The maximum absolute atomic E-state index is 13.6. The minimum Gasteiger partial charge on any atom is -0.496 e. The number of methoxy groups -OCH3 is 3. The van der Waals surface area contributed by atoms with Gasteiger partial charge in [-0.2, -0.15) is 0 Å². The molecule has 0 fully saturated rings. The summed E-state index contributed by atoms with van der Waals surface area (Å²) in [6.07, 6.45) is 0.739. The van der Waals surface area contributed by atoms with E-state index in [4.69, 9.17) is 18.9 Å². The number of hydrogen-bond acceptors (Lipinski definition) is 5. The first-order valence-electron chi connectivity index (χ1n) is 12.0. The van der Waals surface area contributed by atoms with Crippen LogP contribution in [0.25, 0.3) is 33.5 Å². The molecule has 0 bridgehead atoms. The number of rotatable bonds is 7. The van der Waals surface area contributed by atoms with Gasteiger partial charge in [-0.05, 0) is 42.7 Å². The fourth-order valence-corrected chi connectivity index (χ4v) is 5.11. The Kier molecular flexibility index (Phi) is 6.42. The van der Waals surface area contributed by atoms with Gasteiger partial charge in [0.1, 0.15) is 11.4 Å². The molecule has 2 heterocycles. The summed E-state index contributed by atoms with van der Waals surface area (Å²) in [4.78, 5) is 13.6. The number of aryl methyl sites for hydroxylation is 1. The molecule has 6 heteroatoms. The molecule has 0 radical (unpaired) electrons. The van der Waals surface area contributed by atoms with Crippen LogP contribution in [-0.2, 0) is 17.7 Å². The van der Waals surface area contributed by atoms with E-state index in [1.807, 2.05) is 61.5 Å². The molecule has 4 aromatic rings. The highest BCUT2D eigenvalue weighted by atomic mass is 16.5. The molecule has 0 aliphatic carbocycles. The molecule has 0 saturated carbocycles. The molecule has 0 unspecified atom stereocenters. The maximum atomic E-state index is 13.6. The Balaban J connectivity index is 1.94. The molecule has 0 N–H and O–H groups in total. The van der Waals surface area contributed by atoms with Crippen LogP contribution in [0.3, 0.4) is 0 Å². The highest BCUT2D eigenvalue weighted by Gasteiger charge is 2.34.